The molecule has 2 N–H and O–H groups in total. The lowest BCUT2D eigenvalue weighted by molar-refractivity contribution is 0.554. The van der Waals surface area contributed by atoms with E-state index < -0.39 is 0 Å². The van der Waals surface area contributed by atoms with Crippen LogP contribution in [0.3, 0.4) is 0 Å². The average molecular weight is 212 g/mol. The zero-order valence-corrected chi connectivity index (χ0v) is 9.15. The molecule has 0 aliphatic rings. The van der Waals surface area contributed by atoms with Crippen LogP contribution in [-0.2, 0) is 6.42 Å². The van der Waals surface area contributed by atoms with Crippen molar-refractivity contribution in [2.24, 2.45) is 0 Å². The molecule has 3 heteroatoms. The Kier molecular flexibility index (Phi) is 3.06. The Morgan fingerprint density at radius 2 is 2.07 bits per heavy atom. The Balaban J connectivity index is 0.000000980. The van der Waals surface area contributed by atoms with Crippen molar-refractivity contribution >= 4 is 29.1 Å². The summed E-state index contributed by atoms with van der Waals surface area (Å²) in [6, 6.07) is 5.87. The van der Waals surface area contributed by atoms with E-state index in [0.29, 0.717) is 0 Å². The van der Waals surface area contributed by atoms with Crippen molar-refractivity contribution in [1.82, 2.24) is 0 Å². The van der Waals surface area contributed by atoms with Gasteiger partial charge >= 0.3 is 0 Å². The van der Waals surface area contributed by atoms with Crippen LogP contribution in [0.25, 0.3) is 11.0 Å². The summed E-state index contributed by atoms with van der Waals surface area (Å²) in [6.07, 6.45) is 0.917. The van der Waals surface area contributed by atoms with Crippen molar-refractivity contribution in [3.63, 3.8) is 0 Å². The molecule has 0 fully saturated rings. The van der Waals surface area contributed by atoms with Crippen LogP contribution in [0.1, 0.15) is 18.2 Å². The number of hydrogen-bond acceptors (Lipinski definition) is 2. The van der Waals surface area contributed by atoms with Crippen LogP contribution in [0.15, 0.2) is 22.6 Å². The van der Waals surface area contributed by atoms with Gasteiger partial charge in [0.25, 0.3) is 0 Å². The van der Waals surface area contributed by atoms with Crippen LogP contribution in [0.5, 0.6) is 0 Å². The van der Waals surface area contributed by atoms with E-state index >= 15 is 0 Å². The Morgan fingerprint density at radius 3 is 2.64 bits per heavy atom. The maximum Gasteiger partial charge on any atom is 0.157 e. The molecule has 14 heavy (non-hydrogen) atoms. The summed E-state index contributed by atoms with van der Waals surface area (Å²) >= 11 is 0. The van der Waals surface area contributed by atoms with Gasteiger partial charge in [0.1, 0.15) is 5.76 Å². The highest BCUT2D eigenvalue weighted by molar-refractivity contribution is 5.91. The third kappa shape index (κ3) is 1.46. The minimum atomic E-state index is 0. The van der Waals surface area contributed by atoms with Gasteiger partial charge in [-0.15, -0.1) is 12.4 Å². The molecular weight excluding hydrogens is 198 g/mol. The summed E-state index contributed by atoms with van der Waals surface area (Å²) in [4.78, 5) is 0. The topological polar surface area (TPSA) is 39.2 Å². The number of rotatable bonds is 1. The van der Waals surface area contributed by atoms with Gasteiger partial charge in [-0.2, -0.15) is 0 Å². The summed E-state index contributed by atoms with van der Waals surface area (Å²) in [5, 5.41) is 1.14. The fourth-order valence-electron chi connectivity index (χ4n) is 1.65. The number of para-hydroxylation sites is 1. The number of nitrogens with two attached hydrogens (primary N) is 1. The third-order valence-electron chi connectivity index (χ3n) is 2.41. The number of hydrogen-bond donors (Lipinski definition) is 1. The summed E-state index contributed by atoms with van der Waals surface area (Å²) in [5.41, 5.74) is 8.57. The fourth-order valence-corrected chi connectivity index (χ4v) is 1.65. The summed E-state index contributed by atoms with van der Waals surface area (Å²) in [5.74, 6) is 1.04. The number of anilines is 1. The number of aryl methyl sites for hydroxylation is 2. The Morgan fingerprint density at radius 1 is 1.36 bits per heavy atom. The smallest absolute Gasteiger partial charge is 0.157 e. The predicted molar refractivity (Wildman–Crippen MR) is 62.0 cm³/mol. The molecule has 0 unspecified atom stereocenters. The van der Waals surface area contributed by atoms with Gasteiger partial charge in [0.2, 0.25) is 0 Å². The number of benzene rings is 1. The van der Waals surface area contributed by atoms with Crippen molar-refractivity contribution in [2.75, 3.05) is 5.73 Å². The van der Waals surface area contributed by atoms with E-state index in [0.717, 1.165) is 28.8 Å². The lowest BCUT2D eigenvalue weighted by atomic mass is 10.1. The molecule has 0 saturated carbocycles. The van der Waals surface area contributed by atoms with Gasteiger partial charge in [-0.05, 0) is 18.6 Å². The van der Waals surface area contributed by atoms with E-state index in [2.05, 4.69) is 13.8 Å². The standard InChI is InChI=1S/C11H13NO.ClH/c1-3-10-7(2)8-5-4-6-9(12)11(8)13-10;/h4-6H,3,12H2,1-2H3;1H. The van der Waals surface area contributed by atoms with Gasteiger partial charge < -0.3 is 10.2 Å². The second-order valence-corrected chi connectivity index (χ2v) is 3.23. The molecule has 2 aromatic rings. The van der Waals surface area contributed by atoms with Gasteiger partial charge in [-0.1, -0.05) is 19.1 Å². The number of halogens is 1. The molecule has 2 rings (SSSR count). The molecule has 0 bridgehead atoms. The molecule has 76 valence electrons. The number of furan rings is 1. The summed E-state index contributed by atoms with van der Waals surface area (Å²) < 4.78 is 5.65. The quantitative estimate of drug-likeness (QED) is 0.736. The van der Waals surface area contributed by atoms with Crippen molar-refractivity contribution in [3.05, 3.63) is 29.5 Å². The van der Waals surface area contributed by atoms with E-state index in [1.807, 2.05) is 18.2 Å². The largest absolute Gasteiger partial charge is 0.459 e. The highest BCUT2D eigenvalue weighted by Crippen LogP contribution is 2.29. The van der Waals surface area contributed by atoms with E-state index in [4.69, 9.17) is 10.2 Å². The Bertz CT molecular complexity index is 448. The predicted octanol–water partition coefficient (Wildman–Crippen LogP) is 3.31. The maximum atomic E-state index is 5.80. The van der Waals surface area contributed by atoms with E-state index in [9.17, 15) is 0 Å². The van der Waals surface area contributed by atoms with Gasteiger partial charge in [0, 0.05) is 11.8 Å². The normalized spacial score (nSPS) is 10.1. The van der Waals surface area contributed by atoms with Crippen molar-refractivity contribution in [3.8, 4) is 0 Å². The zero-order chi connectivity index (χ0) is 9.42. The summed E-state index contributed by atoms with van der Waals surface area (Å²) in [6.45, 7) is 4.16. The van der Waals surface area contributed by atoms with E-state index in [1.54, 1.807) is 0 Å². The van der Waals surface area contributed by atoms with Crippen molar-refractivity contribution < 1.29 is 4.42 Å². The second-order valence-electron chi connectivity index (χ2n) is 3.23. The van der Waals surface area contributed by atoms with Crippen molar-refractivity contribution in [2.45, 2.75) is 20.3 Å². The molecule has 0 aliphatic carbocycles. The number of fused-ring (bicyclic) bond motifs is 1. The van der Waals surface area contributed by atoms with Crippen LogP contribution >= 0.6 is 12.4 Å². The zero-order valence-electron chi connectivity index (χ0n) is 8.33. The van der Waals surface area contributed by atoms with Crippen LogP contribution in [-0.4, -0.2) is 0 Å². The first-order valence-electron chi connectivity index (χ1n) is 4.50. The molecular formula is C11H14ClNO. The fraction of sp³-hybridized carbons (Fsp3) is 0.273. The monoisotopic (exact) mass is 211 g/mol. The third-order valence-corrected chi connectivity index (χ3v) is 2.41. The lowest BCUT2D eigenvalue weighted by Gasteiger charge is -1.92. The maximum absolute atomic E-state index is 5.80. The first kappa shape index (κ1) is 10.9. The number of nitrogen functional groups attached to an aromatic ring is 1. The van der Waals surface area contributed by atoms with Crippen molar-refractivity contribution in [1.29, 1.82) is 0 Å². The first-order valence-corrected chi connectivity index (χ1v) is 4.50. The first-order chi connectivity index (χ1) is 6.24. The molecule has 0 amide bonds. The van der Waals surface area contributed by atoms with Crippen LogP contribution in [0.4, 0.5) is 5.69 Å². The molecule has 1 aromatic carbocycles. The van der Waals surface area contributed by atoms with Gasteiger partial charge in [-0.25, -0.2) is 0 Å². The lowest BCUT2D eigenvalue weighted by Crippen LogP contribution is -1.83. The molecule has 0 atom stereocenters. The van der Waals surface area contributed by atoms with Crippen LogP contribution in [0.2, 0.25) is 0 Å². The molecule has 0 radical (unpaired) electrons. The molecule has 1 heterocycles. The van der Waals surface area contributed by atoms with Gasteiger partial charge in [0.15, 0.2) is 5.58 Å². The second kappa shape index (κ2) is 3.93. The Hall–Kier alpha value is -1.15. The van der Waals surface area contributed by atoms with Crippen LogP contribution < -0.4 is 5.73 Å². The highest BCUT2D eigenvalue weighted by Gasteiger charge is 2.09. The van der Waals surface area contributed by atoms with E-state index in [-0.39, 0.29) is 12.4 Å². The van der Waals surface area contributed by atoms with Crippen LogP contribution in [0, 0.1) is 6.92 Å². The minimum absolute atomic E-state index is 0. The molecule has 0 saturated heterocycles. The minimum Gasteiger partial charge on any atom is -0.459 e. The summed E-state index contributed by atoms with van der Waals surface area (Å²) in [7, 11) is 0. The Labute approximate surface area is 89.5 Å². The molecule has 0 aliphatic heterocycles. The SMILES string of the molecule is CCc1oc2c(N)cccc2c1C.Cl. The molecule has 0 spiro atoms. The highest BCUT2D eigenvalue weighted by atomic mass is 35.5. The van der Waals surface area contributed by atoms with Gasteiger partial charge in [-0.3, -0.25) is 0 Å². The van der Waals surface area contributed by atoms with Gasteiger partial charge in [0.05, 0.1) is 5.69 Å². The average Bonchev–Trinajstić information content (AvgIpc) is 2.45. The molecule has 1 aromatic heterocycles. The van der Waals surface area contributed by atoms with E-state index in [1.165, 1.54) is 5.56 Å². The molecule has 2 nitrogen and oxygen atoms in total.